The first-order valence-corrected chi connectivity index (χ1v) is 15.9. The second kappa shape index (κ2) is 13.4. The number of hydrogen-bond donors (Lipinski definition) is 3. The van der Waals surface area contributed by atoms with Gasteiger partial charge in [-0.3, -0.25) is 14.5 Å². The number of nitrogen functional groups attached to an aromatic ring is 1. The first kappa shape index (κ1) is 30.8. The molecule has 2 aliphatic heterocycles. The zero-order chi connectivity index (χ0) is 32.2. The highest BCUT2D eigenvalue weighted by atomic mass is 32.2. The lowest BCUT2D eigenvalue weighted by Gasteiger charge is -2.49. The monoisotopic (exact) mass is 659 g/mol. The maximum atomic E-state index is 14.4. The number of benzene rings is 3. The Labute approximate surface area is 270 Å². The average molecular weight is 660 g/mol. The molecule has 1 unspecified atom stereocenters. The first-order valence-electron chi connectivity index (χ1n) is 13.9. The standard InChI is InChI=1S/C32H26FN5O6S2/c33-21-13-7-8-14-23(21)43-15-20-16-45-30-25(36-28(39)24(37-42)22-17-46-32(34)35-22)29(40)38(30)26(20)31(41)44-27(18-9-3-1-4-10-18)19-11-5-2-6-12-19/h1-14,17,25,27,30,42H,15-16H2,(H2,34,35)(H,36,39)/t25?,30-/m0/s1. The Morgan fingerprint density at radius 2 is 1.72 bits per heavy atom. The Kier molecular flexibility index (Phi) is 8.99. The van der Waals surface area contributed by atoms with E-state index in [2.05, 4.69) is 15.5 Å². The zero-order valence-corrected chi connectivity index (χ0v) is 25.5. The van der Waals surface area contributed by atoms with Crippen molar-refractivity contribution in [3.63, 3.8) is 0 Å². The van der Waals surface area contributed by atoms with E-state index >= 15 is 0 Å². The van der Waals surface area contributed by atoms with Crippen LogP contribution in [0.3, 0.4) is 0 Å². The number of aromatic nitrogens is 1. The number of β-lactam (4-membered cyclic amide) rings is 1. The molecule has 2 atom stereocenters. The normalized spacial score (nSPS) is 17.7. The van der Waals surface area contributed by atoms with Crippen LogP contribution >= 0.6 is 23.1 Å². The number of fused-ring (bicyclic) bond motifs is 1. The van der Waals surface area contributed by atoms with Gasteiger partial charge < -0.3 is 25.7 Å². The molecule has 2 aliphatic rings. The Morgan fingerprint density at radius 1 is 1.07 bits per heavy atom. The van der Waals surface area contributed by atoms with Crippen molar-refractivity contribution in [3.05, 3.63) is 124 Å². The third-order valence-electron chi connectivity index (χ3n) is 7.27. The molecule has 3 aromatic carbocycles. The van der Waals surface area contributed by atoms with Crippen molar-refractivity contribution in [2.24, 2.45) is 5.16 Å². The van der Waals surface area contributed by atoms with Crippen LogP contribution in [0.4, 0.5) is 9.52 Å². The molecule has 0 aliphatic carbocycles. The second-order valence-electron chi connectivity index (χ2n) is 10.2. The van der Waals surface area contributed by atoms with Crippen LogP contribution in [0.5, 0.6) is 5.75 Å². The van der Waals surface area contributed by atoms with Crippen molar-refractivity contribution in [1.82, 2.24) is 15.2 Å². The Morgan fingerprint density at radius 3 is 2.33 bits per heavy atom. The average Bonchev–Trinajstić information content (AvgIpc) is 3.51. The Balaban J connectivity index is 1.29. The lowest BCUT2D eigenvalue weighted by atomic mass is 10.0. The summed E-state index contributed by atoms with van der Waals surface area (Å²) in [6.45, 7) is -0.195. The van der Waals surface area contributed by atoms with E-state index in [4.69, 9.17) is 15.2 Å². The number of carbonyl (C=O) groups is 3. The number of esters is 1. The predicted molar refractivity (Wildman–Crippen MR) is 170 cm³/mol. The van der Waals surface area contributed by atoms with Crippen LogP contribution in [-0.2, 0) is 19.1 Å². The fourth-order valence-electron chi connectivity index (χ4n) is 5.08. The van der Waals surface area contributed by atoms with Crippen molar-refractivity contribution in [3.8, 4) is 5.75 Å². The molecule has 1 fully saturated rings. The number of oxime groups is 1. The highest BCUT2D eigenvalue weighted by Gasteiger charge is 2.55. The predicted octanol–water partition coefficient (Wildman–Crippen LogP) is 4.11. The number of nitrogens with one attached hydrogen (secondary N) is 1. The van der Waals surface area contributed by atoms with Gasteiger partial charge in [-0.2, -0.15) is 0 Å². The molecule has 234 valence electrons. The van der Waals surface area contributed by atoms with Gasteiger partial charge in [0.2, 0.25) is 0 Å². The van der Waals surface area contributed by atoms with Gasteiger partial charge in [0.1, 0.15) is 29.4 Å². The largest absolute Gasteiger partial charge is 0.486 e. The SMILES string of the molecule is Nc1nc(C(=NO)C(=O)NC2C(=O)N3C(C(=O)OC(c4ccccc4)c4ccccc4)=C(COc4ccccc4F)CS[C@@H]23)cs1. The van der Waals surface area contributed by atoms with E-state index in [1.807, 2.05) is 60.7 Å². The number of anilines is 1. The number of rotatable bonds is 10. The highest BCUT2D eigenvalue weighted by molar-refractivity contribution is 8.00. The summed E-state index contributed by atoms with van der Waals surface area (Å²) in [4.78, 5) is 45.9. The maximum Gasteiger partial charge on any atom is 0.356 e. The first-order chi connectivity index (χ1) is 22.4. The Bertz CT molecular complexity index is 1800. The van der Waals surface area contributed by atoms with E-state index in [9.17, 15) is 24.0 Å². The van der Waals surface area contributed by atoms with E-state index in [0.29, 0.717) is 16.7 Å². The lowest BCUT2D eigenvalue weighted by molar-refractivity contribution is -0.154. The number of ether oxygens (including phenoxy) is 2. The van der Waals surface area contributed by atoms with Gasteiger partial charge in [0.15, 0.2) is 28.5 Å². The summed E-state index contributed by atoms with van der Waals surface area (Å²) in [6.07, 6.45) is -0.801. The topological polar surface area (TPSA) is 156 Å². The summed E-state index contributed by atoms with van der Waals surface area (Å²) in [5.74, 6) is -2.60. The van der Waals surface area contributed by atoms with Gasteiger partial charge in [0.05, 0.1) is 0 Å². The summed E-state index contributed by atoms with van der Waals surface area (Å²) in [7, 11) is 0. The van der Waals surface area contributed by atoms with E-state index in [-0.39, 0.29) is 34.6 Å². The van der Waals surface area contributed by atoms with Crippen molar-refractivity contribution in [1.29, 1.82) is 0 Å². The third kappa shape index (κ3) is 6.17. The summed E-state index contributed by atoms with van der Waals surface area (Å²) in [6, 6.07) is 23.1. The molecular weight excluding hydrogens is 634 g/mol. The lowest BCUT2D eigenvalue weighted by Crippen LogP contribution is -2.71. The van der Waals surface area contributed by atoms with Crippen molar-refractivity contribution < 1.29 is 33.5 Å². The molecule has 4 N–H and O–H groups in total. The van der Waals surface area contributed by atoms with E-state index in [1.54, 1.807) is 6.07 Å². The summed E-state index contributed by atoms with van der Waals surface area (Å²) >= 11 is 2.34. The number of nitrogens with zero attached hydrogens (tertiary/aromatic N) is 3. The molecule has 0 bridgehead atoms. The number of para-hydroxylation sites is 1. The van der Waals surface area contributed by atoms with Gasteiger partial charge in [0, 0.05) is 16.7 Å². The van der Waals surface area contributed by atoms with Gasteiger partial charge in [-0.25, -0.2) is 14.2 Å². The van der Waals surface area contributed by atoms with Crippen LogP contribution in [0.15, 0.2) is 107 Å². The summed E-state index contributed by atoms with van der Waals surface area (Å²) < 4.78 is 26.2. The molecule has 6 rings (SSSR count). The van der Waals surface area contributed by atoms with Gasteiger partial charge in [-0.1, -0.05) is 78.0 Å². The number of hydrogen-bond acceptors (Lipinski definition) is 11. The summed E-state index contributed by atoms with van der Waals surface area (Å²) in [5.41, 5.74) is 7.07. The van der Waals surface area contributed by atoms with Crippen LogP contribution in [0.1, 0.15) is 22.9 Å². The molecule has 1 saturated heterocycles. The van der Waals surface area contributed by atoms with Crippen molar-refractivity contribution >= 4 is 51.7 Å². The molecule has 11 nitrogen and oxygen atoms in total. The molecule has 0 radical (unpaired) electrons. The van der Waals surface area contributed by atoms with Crippen LogP contribution in [0.25, 0.3) is 0 Å². The molecular formula is C32H26FN5O6S2. The van der Waals surface area contributed by atoms with Crippen LogP contribution in [0.2, 0.25) is 0 Å². The zero-order valence-electron chi connectivity index (χ0n) is 23.9. The number of thioether (sulfide) groups is 1. The number of amides is 2. The molecule has 0 saturated carbocycles. The molecule has 0 spiro atoms. The fourth-order valence-corrected chi connectivity index (χ4v) is 6.95. The van der Waals surface area contributed by atoms with E-state index < -0.39 is 46.8 Å². The molecule has 1 aromatic heterocycles. The van der Waals surface area contributed by atoms with Crippen LogP contribution in [0, 0.1) is 5.82 Å². The summed E-state index contributed by atoms with van der Waals surface area (Å²) in [5, 5.41) is 16.1. The van der Waals surface area contributed by atoms with Gasteiger partial charge in [-0.05, 0) is 23.3 Å². The quantitative estimate of drug-likeness (QED) is 0.0750. The van der Waals surface area contributed by atoms with E-state index in [0.717, 1.165) is 11.3 Å². The van der Waals surface area contributed by atoms with Gasteiger partial charge in [0.25, 0.3) is 11.8 Å². The Hall–Kier alpha value is -5.21. The highest BCUT2D eigenvalue weighted by Crippen LogP contribution is 2.42. The molecule has 4 aromatic rings. The van der Waals surface area contributed by atoms with Gasteiger partial charge >= 0.3 is 5.97 Å². The number of thiazole rings is 1. The number of halogens is 1. The maximum absolute atomic E-state index is 14.4. The third-order valence-corrected chi connectivity index (χ3v) is 9.29. The fraction of sp³-hybridized carbons (Fsp3) is 0.156. The molecule has 3 heterocycles. The number of carbonyl (C=O) groups excluding carboxylic acids is 3. The second-order valence-corrected chi connectivity index (χ2v) is 12.2. The van der Waals surface area contributed by atoms with Crippen molar-refractivity contribution in [2.45, 2.75) is 17.5 Å². The molecule has 2 amide bonds. The van der Waals surface area contributed by atoms with Gasteiger partial charge in [-0.15, -0.1) is 23.1 Å². The van der Waals surface area contributed by atoms with E-state index in [1.165, 1.54) is 40.2 Å². The minimum atomic E-state index is -1.05. The minimum absolute atomic E-state index is 0.0140. The van der Waals surface area contributed by atoms with Crippen LogP contribution < -0.4 is 15.8 Å². The van der Waals surface area contributed by atoms with Crippen LogP contribution in [-0.4, -0.2) is 62.4 Å². The smallest absolute Gasteiger partial charge is 0.356 e. The minimum Gasteiger partial charge on any atom is -0.486 e. The molecule has 14 heteroatoms. The number of nitrogens with two attached hydrogens (primary N) is 1. The molecule has 46 heavy (non-hydrogen) atoms. The van der Waals surface area contributed by atoms with Crippen molar-refractivity contribution in [2.75, 3.05) is 18.1 Å².